The van der Waals surface area contributed by atoms with E-state index in [1.807, 2.05) is 51.1 Å². The first-order valence-corrected chi connectivity index (χ1v) is 9.11. The lowest BCUT2D eigenvalue weighted by atomic mass is 10.1. The third kappa shape index (κ3) is 6.33. The number of alkyl carbamates (subject to hydrolysis) is 1. The van der Waals surface area contributed by atoms with Crippen LogP contribution < -0.4 is 10.8 Å². The summed E-state index contributed by atoms with van der Waals surface area (Å²) in [5.74, 6) is 0.563. The van der Waals surface area contributed by atoms with Gasteiger partial charge in [0.15, 0.2) is 0 Å². The molecule has 2 amide bonds. The van der Waals surface area contributed by atoms with Crippen molar-refractivity contribution in [3.05, 3.63) is 35.9 Å². The molecule has 3 atom stereocenters. The third-order valence-corrected chi connectivity index (χ3v) is 4.37. The summed E-state index contributed by atoms with van der Waals surface area (Å²) in [4.78, 5) is 29.4. The van der Waals surface area contributed by atoms with Gasteiger partial charge < -0.3 is 10.1 Å². The van der Waals surface area contributed by atoms with Gasteiger partial charge in [0.2, 0.25) is 5.91 Å². The number of ether oxygens (including phenoxy) is 1. The van der Waals surface area contributed by atoms with Crippen LogP contribution in [0.25, 0.3) is 0 Å². The van der Waals surface area contributed by atoms with E-state index < -0.39 is 11.7 Å². The van der Waals surface area contributed by atoms with E-state index in [4.69, 9.17) is 9.57 Å². The van der Waals surface area contributed by atoms with E-state index in [0.29, 0.717) is 18.9 Å². The molecular weight excluding hydrogens is 332 g/mol. The van der Waals surface area contributed by atoms with Crippen molar-refractivity contribution in [2.45, 2.75) is 59.3 Å². The Bertz CT molecular complexity index is 610. The van der Waals surface area contributed by atoms with E-state index in [0.717, 1.165) is 5.56 Å². The van der Waals surface area contributed by atoms with Crippen molar-refractivity contribution >= 4 is 12.0 Å². The van der Waals surface area contributed by atoms with Crippen LogP contribution >= 0.6 is 0 Å². The van der Waals surface area contributed by atoms with E-state index in [1.165, 1.54) is 0 Å². The second-order valence-corrected chi connectivity index (χ2v) is 8.16. The second-order valence-electron chi connectivity index (χ2n) is 8.16. The number of carbonyl (C=O) groups is 2. The summed E-state index contributed by atoms with van der Waals surface area (Å²) in [5.41, 5.74) is 2.94. The summed E-state index contributed by atoms with van der Waals surface area (Å²) in [6, 6.07) is 9.60. The molecule has 0 saturated heterocycles. The summed E-state index contributed by atoms with van der Waals surface area (Å²) in [7, 11) is 0. The van der Waals surface area contributed by atoms with Gasteiger partial charge in [0.05, 0.1) is 6.61 Å². The van der Waals surface area contributed by atoms with Crippen LogP contribution in [0.5, 0.6) is 0 Å². The van der Waals surface area contributed by atoms with Crippen LogP contribution in [0.2, 0.25) is 0 Å². The Morgan fingerprint density at radius 1 is 1.15 bits per heavy atom. The number of carbonyl (C=O) groups excluding carboxylic acids is 2. The largest absolute Gasteiger partial charge is 0.444 e. The van der Waals surface area contributed by atoms with Gasteiger partial charge >= 0.3 is 6.09 Å². The lowest BCUT2D eigenvalue weighted by molar-refractivity contribution is -0.135. The first-order valence-electron chi connectivity index (χ1n) is 9.11. The minimum absolute atomic E-state index is 0.0373. The van der Waals surface area contributed by atoms with Gasteiger partial charge in [-0.3, -0.25) is 9.63 Å². The molecule has 1 fully saturated rings. The lowest BCUT2D eigenvalue weighted by Gasteiger charge is -2.20. The molecule has 2 rings (SSSR count). The maximum absolute atomic E-state index is 12.1. The number of hydrogen-bond acceptors (Lipinski definition) is 4. The Labute approximate surface area is 155 Å². The highest BCUT2D eigenvalue weighted by atomic mass is 16.6. The van der Waals surface area contributed by atoms with Crippen LogP contribution in [0.15, 0.2) is 30.3 Å². The number of nitrogens with one attached hydrogen (secondary N) is 2. The van der Waals surface area contributed by atoms with Crippen molar-refractivity contribution in [1.29, 1.82) is 0 Å². The van der Waals surface area contributed by atoms with Crippen molar-refractivity contribution in [3.8, 4) is 0 Å². The molecule has 1 aromatic rings. The Hall–Kier alpha value is -2.08. The van der Waals surface area contributed by atoms with Crippen LogP contribution in [-0.4, -0.2) is 23.6 Å². The zero-order valence-corrected chi connectivity index (χ0v) is 16.2. The second kappa shape index (κ2) is 8.54. The molecule has 0 spiro atoms. The standard InChI is InChI=1S/C20H30N2O4/c1-13(2)17-15(18(17)21-19(24)26-20(3,4)5)11-16(23)22-25-12-14-9-7-6-8-10-14/h6-10,13,15,17-18H,11-12H2,1-5H3,(H,21,24)(H,22,23)/t15-,17-,18+/m0/s1. The lowest BCUT2D eigenvalue weighted by Crippen LogP contribution is -2.35. The highest BCUT2D eigenvalue weighted by Crippen LogP contribution is 2.46. The Morgan fingerprint density at radius 3 is 2.38 bits per heavy atom. The number of amides is 2. The summed E-state index contributed by atoms with van der Waals surface area (Å²) in [5, 5.41) is 2.90. The molecule has 6 nitrogen and oxygen atoms in total. The minimum atomic E-state index is -0.537. The molecule has 0 radical (unpaired) electrons. The molecule has 0 heterocycles. The maximum atomic E-state index is 12.1. The summed E-state index contributed by atoms with van der Waals surface area (Å²) >= 11 is 0. The fourth-order valence-electron chi connectivity index (χ4n) is 3.25. The third-order valence-electron chi connectivity index (χ3n) is 4.37. The maximum Gasteiger partial charge on any atom is 0.407 e. The van der Waals surface area contributed by atoms with E-state index in [9.17, 15) is 9.59 Å². The molecule has 1 aliphatic carbocycles. The topological polar surface area (TPSA) is 76.7 Å². The molecule has 144 valence electrons. The number of benzene rings is 1. The fraction of sp³-hybridized carbons (Fsp3) is 0.600. The van der Waals surface area contributed by atoms with Gasteiger partial charge in [-0.1, -0.05) is 44.2 Å². The molecule has 2 N–H and O–H groups in total. The molecule has 1 aromatic carbocycles. The molecular formula is C20H30N2O4. The van der Waals surface area contributed by atoms with E-state index >= 15 is 0 Å². The van der Waals surface area contributed by atoms with Gasteiger partial charge in [0, 0.05) is 12.5 Å². The van der Waals surface area contributed by atoms with Gasteiger partial charge in [-0.2, -0.15) is 0 Å². The van der Waals surface area contributed by atoms with Gasteiger partial charge in [-0.05, 0) is 44.1 Å². The molecule has 0 unspecified atom stereocenters. The Morgan fingerprint density at radius 2 is 1.81 bits per heavy atom. The first-order chi connectivity index (χ1) is 12.2. The van der Waals surface area contributed by atoms with Crippen molar-refractivity contribution in [2.75, 3.05) is 0 Å². The molecule has 0 bridgehead atoms. The number of rotatable bonds is 7. The highest BCUT2D eigenvalue weighted by molar-refractivity contribution is 5.76. The first kappa shape index (κ1) is 20.2. The molecule has 1 aliphatic rings. The zero-order valence-electron chi connectivity index (χ0n) is 16.2. The van der Waals surface area contributed by atoms with Crippen molar-refractivity contribution < 1.29 is 19.2 Å². The quantitative estimate of drug-likeness (QED) is 0.729. The summed E-state index contributed by atoms with van der Waals surface area (Å²) in [6.07, 6.45) is -0.116. The monoisotopic (exact) mass is 362 g/mol. The summed E-state index contributed by atoms with van der Waals surface area (Å²) < 4.78 is 5.31. The van der Waals surface area contributed by atoms with Gasteiger partial charge in [0.1, 0.15) is 5.60 Å². The molecule has 1 saturated carbocycles. The van der Waals surface area contributed by atoms with Crippen LogP contribution in [0.4, 0.5) is 4.79 Å². The van der Waals surface area contributed by atoms with Gasteiger partial charge in [-0.25, -0.2) is 10.3 Å². The molecule has 6 heteroatoms. The average Bonchev–Trinajstić information content (AvgIpc) is 3.18. The molecule has 0 aromatic heterocycles. The summed E-state index contributed by atoms with van der Waals surface area (Å²) in [6.45, 7) is 10.00. The van der Waals surface area contributed by atoms with Crippen LogP contribution in [0, 0.1) is 17.8 Å². The van der Waals surface area contributed by atoms with Gasteiger partial charge in [0.25, 0.3) is 0 Å². The SMILES string of the molecule is CC(C)[C@H]1[C@H](CC(=O)NOCc2ccccc2)[C@H]1NC(=O)OC(C)(C)C. The highest BCUT2D eigenvalue weighted by Gasteiger charge is 2.53. The van der Waals surface area contributed by atoms with Crippen LogP contribution in [0.1, 0.15) is 46.6 Å². The van der Waals surface area contributed by atoms with Gasteiger partial charge in [-0.15, -0.1) is 0 Å². The Balaban J connectivity index is 1.77. The number of hydrogen-bond donors (Lipinski definition) is 2. The van der Waals surface area contributed by atoms with Crippen molar-refractivity contribution in [3.63, 3.8) is 0 Å². The van der Waals surface area contributed by atoms with E-state index in [-0.39, 0.29) is 23.8 Å². The van der Waals surface area contributed by atoms with Crippen LogP contribution in [0.3, 0.4) is 0 Å². The van der Waals surface area contributed by atoms with Crippen molar-refractivity contribution in [1.82, 2.24) is 10.8 Å². The predicted molar refractivity (Wildman–Crippen MR) is 99.0 cm³/mol. The fourth-order valence-corrected chi connectivity index (χ4v) is 3.25. The molecule has 0 aliphatic heterocycles. The Kier molecular flexibility index (Phi) is 6.64. The predicted octanol–water partition coefficient (Wildman–Crippen LogP) is 3.42. The number of hydroxylamine groups is 1. The minimum Gasteiger partial charge on any atom is -0.444 e. The average molecular weight is 362 g/mol. The van der Waals surface area contributed by atoms with E-state index in [2.05, 4.69) is 24.6 Å². The van der Waals surface area contributed by atoms with Crippen molar-refractivity contribution in [2.24, 2.45) is 17.8 Å². The smallest absolute Gasteiger partial charge is 0.407 e. The zero-order chi connectivity index (χ0) is 19.3. The molecule has 26 heavy (non-hydrogen) atoms. The van der Waals surface area contributed by atoms with E-state index in [1.54, 1.807) is 0 Å². The van der Waals surface area contributed by atoms with Crippen LogP contribution in [-0.2, 0) is 21.0 Å². The normalized spacial score (nSPS) is 22.0.